The summed E-state index contributed by atoms with van der Waals surface area (Å²) in [5, 5.41) is 12.5. The van der Waals surface area contributed by atoms with Gasteiger partial charge in [0.05, 0.1) is 5.69 Å². The minimum atomic E-state index is 0.172. The Morgan fingerprint density at radius 2 is 0.870 bits per heavy atom. The normalized spacial score (nSPS) is 14.6. The Labute approximate surface area is 408 Å². The van der Waals surface area contributed by atoms with Crippen LogP contribution in [0.1, 0.15) is 47.0 Å². The lowest BCUT2D eigenvalue weighted by molar-refractivity contribution is 0.183. The first-order valence-corrected chi connectivity index (χ1v) is 24.6. The van der Waals surface area contributed by atoms with Crippen molar-refractivity contribution in [1.82, 2.24) is 5.32 Å². The molecule has 13 rings (SSSR count). The van der Waals surface area contributed by atoms with Crippen molar-refractivity contribution >= 4 is 62.1 Å². The molecule has 3 aliphatic heterocycles. The number of hydrogen-bond acceptors (Lipinski definition) is 3. The molecule has 0 amide bonds. The largest absolute Gasteiger partial charge is 0.375 e. The lowest BCUT2D eigenvalue weighted by Gasteiger charge is -2.43. The summed E-state index contributed by atoms with van der Waals surface area (Å²) in [5.41, 5.74) is 18.4. The maximum atomic E-state index is 3.78. The Morgan fingerprint density at radius 3 is 1.49 bits per heavy atom. The van der Waals surface area contributed by atoms with E-state index in [9.17, 15) is 0 Å². The molecule has 10 aromatic rings. The second kappa shape index (κ2) is 18.4. The van der Waals surface area contributed by atoms with Gasteiger partial charge in [0.25, 0.3) is 0 Å². The molecule has 336 valence electrons. The zero-order valence-electron chi connectivity index (χ0n) is 40.1. The van der Waals surface area contributed by atoms with Gasteiger partial charge in [0, 0.05) is 61.2 Å². The van der Waals surface area contributed by atoms with Gasteiger partial charge in [0.1, 0.15) is 0 Å². The molecule has 1 fully saturated rings. The van der Waals surface area contributed by atoms with Crippen LogP contribution in [0.2, 0.25) is 0 Å². The van der Waals surface area contributed by atoms with E-state index >= 15 is 0 Å². The third-order valence-electron chi connectivity index (χ3n) is 14.2. The van der Waals surface area contributed by atoms with Crippen molar-refractivity contribution in [3.63, 3.8) is 0 Å². The molecule has 4 heteroatoms. The van der Waals surface area contributed by atoms with Gasteiger partial charge < -0.3 is 15.4 Å². The molecule has 3 nitrogen and oxygen atoms in total. The maximum absolute atomic E-state index is 3.78. The van der Waals surface area contributed by atoms with E-state index in [1.54, 1.807) is 0 Å². The van der Waals surface area contributed by atoms with Crippen molar-refractivity contribution in [1.29, 1.82) is 0 Å². The fraction of sp³-hybridized carbons (Fsp3) is 0.138. The van der Waals surface area contributed by atoms with Crippen molar-refractivity contribution in [3.05, 3.63) is 231 Å². The number of benzene rings is 10. The van der Waals surface area contributed by atoms with E-state index in [1.165, 1.54) is 108 Å². The molecule has 0 aliphatic carbocycles. The van der Waals surface area contributed by atoms with Crippen molar-refractivity contribution < 1.29 is 0 Å². The molecule has 3 aliphatic rings. The van der Waals surface area contributed by atoms with E-state index in [-0.39, 0.29) is 6.85 Å². The predicted molar refractivity (Wildman–Crippen MR) is 298 cm³/mol. The van der Waals surface area contributed by atoms with Crippen molar-refractivity contribution in [2.45, 2.75) is 58.0 Å². The molecule has 69 heavy (non-hydrogen) atoms. The van der Waals surface area contributed by atoms with Crippen LogP contribution in [0.25, 0.3) is 66.1 Å². The second-order valence-corrected chi connectivity index (χ2v) is 20.0. The first-order chi connectivity index (χ1) is 33.7. The first-order valence-electron chi connectivity index (χ1n) is 24.6. The molecule has 0 atom stereocenters. The molecular weight excluding hydrogens is 834 g/mol. The number of piperidine rings is 1. The highest BCUT2D eigenvalue weighted by Crippen LogP contribution is 2.48. The van der Waals surface area contributed by atoms with Crippen LogP contribution in [0, 0.1) is 0 Å². The molecule has 2 N–H and O–H groups in total. The predicted octanol–water partition coefficient (Wildman–Crippen LogP) is 16.0. The van der Waals surface area contributed by atoms with Crippen molar-refractivity contribution in [2.75, 3.05) is 10.1 Å². The van der Waals surface area contributed by atoms with Gasteiger partial charge in [0.15, 0.2) is 0 Å². The third-order valence-corrected chi connectivity index (χ3v) is 14.2. The summed E-state index contributed by atoms with van der Waals surface area (Å²) in [6.07, 6.45) is 4.00. The summed E-state index contributed by atoms with van der Waals surface area (Å²) in [6, 6.07) is 82.5. The number of para-hydroxylation sites is 2. The van der Waals surface area contributed by atoms with Crippen molar-refractivity contribution in [2.24, 2.45) is 0 Å². The quantitative estimate of drug-likeness (QED) is 0.172. The molecule has 1 saturated heterocycles. The Kier molecular flexibility index (Phi) is 11.7. The summed E-state index contributed by atoms with van der Waals surface area (Å²) < 4.78 is 0. The number of nitrogens with zero attached hydrogens (tertiary/aromatic N) is 1. The fourth-order valence-electron chi connectivity index (χ4n) is 11.3. The molecule has 0 unspecified atom stereocenters. The van der Waals surface area contributed by atoms with Gasteiger partial charge in [-0.2, -0.15) is 0 Å². The Hall–Kier alpha value is -7.66. The lowest BCUT2D eigenvalue weighted by atomic mass is 9.43. The highest BCUT2D eigenvalue weighted by Gasteiger charge is 2.42. The van der Waals surface area contributed by atoms with Crippen LogP contribution >= 0.6 is 0 Å². The number of fused-ring (bicyclic) bond motifs is 14. The molecule has 0 saturated carbocycles. The molecule has 0 aromatic heterocycles. The van der Waals surface area contributed by atoms with E-state index in [4.69, 9.17) is 0 Å². The summed E-state index contributed by atoms with van der Waals surface area (Å²) in [7, 11) is 0. The monoisotopic (exact) mass is 891 g/mol. The van der Waals surface area contributed by atoms with Crippen LogP contribution in [-0.2, 0) is 0 Å². The minimum absolute atomic E-state index is 0.172. The Balaban J connectivity index is 0.000000126. The molecule has 0 bridgehead atoms. The van der Waals surface area contributed by atoms with E-state index in [0.717, 1.165) is 11.4 Å². The number of hydrogen-bond donors (Lipinski definition) is 2. The van der Waals surface area contributed by atoms with Crippen LogP contribution in [-0.4, -0.2) is 17.9 Å². The van der Waals surface area contributed by atoms with E-state index < -0.39 is 0 Å². The molecule has 10 aromatic carbocycles. The second-order valence-electron chi connectivity index (χ2n) is 20.0. The van der Waals surface area contributed by atoms with Crippen LogP contribution in [0.3, 0.4) is 0 Å². The van der Waals surface area contributed by atoms with Gasteiger partial charge >= 0.3 is 6.85 Å². The van der Waals surface area contributed by atoms with Gasteiger partial charge in [-0.05, 0) is 103 Å². The average Bonchev–Trinajstić information content (AvgIpc) is 3.39. The minimum Gasteiger partial charge on any atom is -0.375 e. The lowest BCUT2D eigenvalue weighted by Crippen LogP contribution is -2.59. The summed E-state index contributed by atoms with van der Waals surface area (Å²) in [4.78, 5) is 2.58. The Bertz CT molecular complexity index is 3440. The summed E-state index contributed by atoms with van der Waals surface area (Å²) in [5.74, 6) is 0. The standard InChI is InChI=1S/C28H18BN.C28H21N.C9H19N/c1-2-10-20-19(9-1)17-18-24-22-12-4-7-15-26(22)29-25-14-6-3-11-21(25)23-13-5-8-16-27(23)30(29)28(20)24;1-3-11-21(12-4-1)24-16-9-10-18-27(24)29-28-25-17-8-7-15-23(25)19-20-26(28)22-13-5-2-6-14-22;1-8(2)6-5-7-9(3,4)10-8/h1-18H;1-20,29H;10H,5-7H2,1-4H3. The SMILES string of the molecule is CC1(C)CCCC(C)(C)N1.c1ccc(-c2ccccc2Nc2c(-c3ccccc3)ccc3ccccc23)cc1.c1ccc2c(c1)B1c3ccccc3-c3ccc4ccccc4c3N1c1ccccc1-2. The fourth-order valence-corrected chi connectivity index (χ4v) is 11.3. The Morgan fingerprint density at radius 1 is 0.406 bits per heavy atom. The van der Waals surface area contributed by atoms with E-state index in [2.05, 4.69) is 274 Å². The smallest absolute Gasteiger partial charge is 0.329 e. The van der Waals surface area contributed by atoms with E-state index in [1.807, 2.05) is 0 Å². The molecule has 0 spiro atoms. The van der Waals surface area contributed by atoms with Gasteiger partial charge in [-0.25, -0.2) is 0 Å². The highest BCUT2D eigenvalue weighted by atomic mass is 15.1. The summed E-state index contributed by atoms with van der Waals surface area (Å²) in [6.45, 7) is 9.31. The maximum Gasteiger partial charge on any atom is 0.329 e. The zero-order chi connectivity index (χ0) is 47.0. The van der Waals surface area contributed by atoms with Crippen LogP contribution in [0.4, 0.5) is 22.7 Å². The van der Waals surface area contributed by atoms with Gasteiger partial charge in [0.2, 0.25) is 0 Å². The number of nitrogens with one attached hydrogen (secondary N) is 2. The van der Waals surface area contributed by atoms with Crippen LogP contribution < -0.4 is 26.4 Å². The number of anilines is 4. The first kappa shape index (κ1) is 43.9. The molecule has 3 heterocycles. The highest BCUT2D eigenvalue weighted by molar-refractivity contribution is 6.92. The van der Waals surface area contributed by atoms with Gasteiger partial charge in [-0.1, -0.05) is 218 Å². The van der Waals surface area contributed by atoms with Crippen LogP contribution in [0.5, 0.6) is 0 Å². The summed E-state index contributed by atoms with van der Waals surface area (Å²) >= 11 is 0. The third kappa shape index (κ3) is 8.62. The van der Waals surface area contributed by atoms with Crippen LogP contribution in [0.15, 0.2) is 231 Å². The zero-order valence-corrected chi connectivity index (χ0v) is 40.1. The molecule has 0 radical (unpaired) electrons. The average molecular weight is 892 g/mol. The number of rotatable bonds is 4. The van der Waals surface area contributed by atoms with E-state index in [0.29, 0.717) is 11.1 Å². The topological polar surface area (TPSA) is 27.3 Å². The van der Waals surface area contributed by atoms with Crippen molar-refractivity contribution in [3.8, 4) is 44.5 Å². The van der Waals surface area contributed by atoms with Gasteiger partial charge in [-0.15, -0.1) is 0 Å². The van der Waals surface area contributed by atoms with Gasteiger partial charge in [-0.3, -0.25) is 0 Å². The molecular formula is C65H58BN3.